The van der Waals surface area contributed by atoms with Crippen LogP contribution >= 0.6 is 0 Å². The average molecular weight is 611 g/mol. The van der Waals surface area contributed by atoms with Crippen molar-refractivity contribution in [3.63, 3.8) is 0 Å². The monoisotopic (exact) mass is 610 g/mol. The topological polar surface area (TPSA) is 124 Å². The Kier molecular flexibility index (Phi) is 11.8. The maximum absolute atomic E-state index is 13.2. The summed E-state index contributed by atoms with van der Waals surface area (Å²) in [5.41, 5.74) is 0.889. The summed E-state index contributed by atoms with van der Waals surface area (Å²) in [5.74, 6) is 0.157. The molecule has 2 aliphatic heterocycles. The molecule has 0 aliphatic carbocycles. The van der Waals surface area contributed by atoms with Crippen molar-refractivity contribution in [1.82, 2.24) is 0 Å². The zero-order chi connectivity index (χ0) is 31.5. The summed E-state index contributed by atoms with van der Waals surface area (Å²) in [4.78, 5) is 13.2. The van der Waals surface area contributed by atoms with Gasteiger partial charge in [-0.2, -0.15) is 0 Å². The lowest BCUT2D eigenvalue weighted by molar-refractivity contribution is -0.211. The molecule has 0 bridgehead atoms. The maximum atomic E-state index is 13.2. The molecule has 42 heavy (non-hydrogen) atoms. The van der Waals surface area contributed by atoms with Crippen LogP contribution in [0.3, 0.4) is 0 Å². The highest BCUT2D eigenvalue weighted by molar-refractivity contribution is 6.73. The van der Waals surface area contributed by atoms with Gasteiger partial charge in [0.1, 0.15) is 23.7 Å². The van der Waals surface area contributed by atoms with Crippen molar-refractivity contribution in [3.05, 3.63) is 29.8 Å². The first-order chi connectivity index (χ1) is 19.5. The van der Waals surface area contributed by atoms with E-state index in [0.29, 0.717) is 13.0 Å². The molecular weight excluding hydrogens is 556 g/mol. The van der Waals surface area contributed by atoms with Crippen molar-refractivity contribution in [3.8, 4) is 5.75 Å². The number of Topliss-reactive ketones (excluding diaryl/α,β-unsaturated/α-hetero) is 1. The van der Waals surface area contributed by atoms with Gasteiger partial charge in [-0.05, 0) is 29.5 Å². The number of hydrogen-bond acceptors (Lipinski definition) is 9. The largest absolute Gasteiger partial charge is 0.497 e. The standard InChI is InChI=1S/C32H54O9Si/c1-20(29(26(36)17-33)38-18-22-10-12-24(37-9)13-11-22)14-23(34)15-21(2)30-25(35)16-27-28(40-30)19-39-42(41-27,31(3,4)5)32(6,7)8/h10-13,20-21,25-30,33,35-36H,14-19H2,1-9H3/t20-,21-,25-,26?,27+,28+,29-,30-/m0/s1. The minimum Gasteiger partial charge on any atom is -0.497 e. The molecule has 2 saturated heterocycles. The van der Waals surface area contributed by atoms with Crippen LogP contribution in [-0.4, -0.2) is 86.6 Å². The molecule has 0 spiro atoms. The first-order valence-electron chi connectivity index (χ1n) is 15.2. The summed E-state index contributed by atoms with van der Waals surface area (Å²) >= 11 is 0. The Balaban J connectivity index is 1.58. The zero-order valence-corrected chi connectivity index (χ0v) is 28.0. The number of aliphatic hydroxyl groups excluding tert-OH is 3. The van der Waals surface area contributed by atoms with Gasteiger partial charge in [-0.3, -0.25) is 4.79 Å². The van der Waals surface area contributed by atoms with E-state index in [4.69, 9.17) is 23.1 Å². The van der Waals surface area contributed by atoms with Gasteiger partial charge in [0.2, 0.25) is 0 Å². The van der Waals surface area contributed by atoms with E-state index in [1.54, 1.807) is 7.11 Å². The van der Waals surface area contributed by atoms with Gasteiger partial charge in [-0.1, -0.05) is 67.5 Å². The highest BCUT2D eigenvalue weighted by Gasteiger charge is 2.63. The van der Waals surface area contributed by atoms with Gasteiger partial charge in [-0.25, -0.2) is 0 Å². The second-order valence-electron chi connectivity index (χ2n) is 14.3. The number of carbonyl (C=O) groups excluding carboxylic acids is 1. The Hall–Kier alpha value is -1.37. The minimum atomic E-state index is -2.67. The summed E-state index contributed by atoms with van der Waals surface area (Å²) in [5, 5.41) is 30.9. The van der Waals surface area contributed by atoms with Crippen molar-refractivity contribution in [2.45, 2.75) is 128 Å². The Morgan fingerprint density at radius 1 is 1.05 bits per heavy atom. The van der Waals surface area contributed by atoms with Gasteiger partial charge < -0.3 is 38.4 Å². The van der Waals surface area contributed by atoms with E-state index in [9.17, 15) is 20.1 Å². The fourth-order valence-electron chi connectivity index (χ4n) is 6.75. The van der Waals surface area contributed by atoms with E-state index in [-0.39, 0.29) is 59.4 Å². The van der Waals surface area contributed by atoms with E-state index in [1.165, 1.54) is 0 Å². The molecule has 2 aliphatic rings. The van der Waals surface area contributed by atoms with Crippen molar-refractivity contribution in [2.24, 2.45) is 11.8 Å². The number of benzene rings is 1. The number of rotatable bonds is 12. The molecule has 10 heteroatoms. The minimum absolute atomic E-state index is 0.0147. The zero-order valence-electron chi connectivity index (χ0n) is 27.0. The molecule has 2 fully saturated rings. The second-order valence-corrected chi connectivity index (χ2v) is 19.1. The quantitative estimate of drug-likeness (QED) is 0.293. The molecule has 9 nitrogen and oxygen atoms in total. The lowest BCUT2D eigenvalue weighted by atomic mass is 9.85. The van der Waals surface area contributed by atoms with Gasteiger partial charge in [0.15, 0.2) is 0 Å². The van der Waals surface area contributed by atoms with Gasteiger partial charge in [-0.15, -0.1) is 0 Å². The number of fused-ring (bicyclic) bond motifs is 1. The third kappa shape index (κ3) is 8.01. The van der Waals surface area contributed by atoms with E-state index in [0.717, 1.165) is 11.3 Å². The van der Waals surface area contributed by atoms with Gasteiger partial charge in [0.25, 0.3) is 0 Å². The number of carbonyl (C=O) groups is 1. The first-order valence-corrected chi connectivity index (χ1v) is 17.0. The smallest absolute Gasteiger partial charge is 0.349 e. The normalized spacial score (nSPS) is 27.4. The molecule has 0 saturated carbocycles. The fourth-order valence-corrected chi connectivity index (χ4v) is 11.7. The molecule has 0 radical (unpaired) electrons. The third-order valence-electron chi connectivity index (χ3n) is 8.73. The van der Waals surface area contributed by atoms with E-state index >= 15 is 0 Å². The highest BCUT2D eigenvalue weighted by atomic mass is 28.4. The van der Waals surface area contributed by atoms with E-state index in [2.05, 4.69) is 41.5 Å². The van der Waals surface area contributed by atoms with E-state index < -0.39 is 39.6 Å². The number of ether oxygens (including phenoxy) is 3. The molecule has 3 rings (SSSR count). The molecule has 240 valence electrons. The van der Waals surface area contributed by atoms with Crippen LogP contribution in [0, 0.1) is 11.8 Å². The molecule has 1 aromatic carbocycles. The molecule has 0 amide bonds. The predicted octanol–water partition coefficient (Wildman–Crippen LogP) is 4.53. The van der Waals surface area contributed by atoms with Crippen molar-refractivity contribution in [2.75, 3.05) is 20.3 Å². The van der Waals surface area contributed by atoms with E-state index in [1.807, 2.05) is 38.1 Å². The molecule has 0 aromatic heterocycles. The molecule has 1 unspecified atom stereocenters. The number of ketones is 1. The van der Waals surface area contributed by atoms with Crippen molar-refractivity contribution >= 4 is 14.3 Å². The molecular formula is C32H54O9Si. The van der Waals surface area contributed by atoms with Gasteiger partial charge in [0.05, 0.1) is 51.3 Å². The Morgan fingerprint density at radius 2 is 1.67 bits per heavy atom. The summed E-state index contributed by atoms with van der Waals surface area (Å²) < 4.78 is 30.9. The van der Waals surface area contributed by atoms with Crippen LogP contribution in [0.25, 0.3) is 0 Å². The maximum Gasteiger partial charge on any atom is 0.349 e. The summed E-state index contributed by atoms with van der Waals surface area (Å²) in [6.45, 7) is 16.9. The lowest BCUT2D eigenvalue weighted by Crippen LogP contribution is -2.67. The molecule has 3 N–H and O–H groups in total. The van der Waals surface area contributed by atoms with Crippen molar-refractivity contribution < 1.29 is 43.2 Å². The average Bonchev–Trinajstić information content (AvgIpc) is 2.91. The Morgan fingerprint density at radius 3 is 2.21 bits per heavy atom. The third-order valence-corrected chi connectivity index (χ3v) is 13.9. The van der Waals surface area contributed by atoms with Crippen LogP contribution in [0.15, 0.2) is 24.3 Å². The van der Waals surface area contributed by atoms with Crippen LogP contribution < -0.4 is 4.74 Å². The van der Waals surface area contributed by atoms with Crippen LogP contribution in [-0.2, 0) is 29.7 Å². The summed E-state index contributed by atoms with van der Waals surface area (Å²) in [6.07, 6.45) is -2.83. The van der Waals surface area contributed by atoms with Gasteiger partial charge >= 0.3 is 8.56 Å². The number of methoxy groups -OCH3 is 1. The first kappa shape index (κ1) is 35.1. The lowest BCUT2D eigenvalue weighted by Gasteiger charge is -2.56. The van der Waals surface area contributed by atoms with Crippen LogP contribution in [0.2, 0.25) is 10.1 Å². The summed E-state index contributed by atoms with van der Waals surface area (Å²) in [6, 6.07) is 7.39. The van der Waals surface area contributed by atoms with Crippen LogP contribution in [0.1, 0.15) is 80.2 Å². The SMILES string of the molecule is COc1ccc(CO[C@H](C(O)CO)[C@@H](C)CC(=O)C[C@H](C)[C@@H]2O[C@@H]3CO[Si](C(C)(C)C)(C(C)(C)C)O[C@@H]3C[C@@H]2O)cc1. The Labute approximate surface area is 253 Å². The summed E-state index contributed by atoms with van der Waals surface area (Å²) in [7, 11) is -1.08. The predicted molar refractivity (Wildman–Crippen MR) is 163 cm³/mol. The Bertz CT molecular complexity index is 989. The number of hydrogen-bond donors (Lipinski definition) is 3. The van der Waals surface area contributed by atoms with Crippen LogP contribution in [0.5, 0.6) is 5.75 Å². The molecule has 1 aromatic rings. The van der Waals surface area contributed by atoms with Gasteiger partial charge in [0, 0.05) is 29.3 Å². The van der Waals surface area contributed by atoms with Crippen molar-refractivity contribution in [1.29, 1.82) is 0 Å². The second kappa shape index (κ2) is 14.2. The van der Waals surface area contributed by atoms with Crippen LogP contribution in [0.4, 0.5) is 0 Å². The molecule has 2 heterocycles. The molecule has 8 atom stereocenters. The highest BCUT2D eigenvalue weighted by Crippen LogP contribution is 2.55. The fraction of sp³-hybridized carbons (Fsp3) is 0.781. The number of aliphatic hydroxyl groups is 3.